The molecule has 0 atom stereocenters. The predicted octanol–water partition coefficient (Wildman–Crippen LogP) is 8.09. The number of aromatic nitrogens is 1. The molecule has 2 aromatic heterocycles. The molecule has 2 heterocycles. The molecule has 5 aromatic carbocycles. The highest BCUT2D eigenvalue weighted by Crippen LogP contribution is 2.38. The molecule has 166 valence electrons. The smallest absolute Gasteiger partial charge is 0.135 e. The summed E-state index contributed by atoms with van der Waals surface area (Å²) in [5.41, 5.74) is 8.09. The van der Waals surface area contributed by atoms with Crippen molar-refractivity contribution in [2.45, 2.75) is 0 Å². The van der Waals surface area contributed by atoms with Gasteiger partial charge in [0.15, 0.2) is 0 Å². The Hall–Kier alpha value is -5.32. The Balaban J connectivity index is 1.54. The molecule has 0 amide bonds. The lowest BCUT2D eigenvalue weighted by Crippen LogP contribution is -1.97. The summed E-state index contributed by atoms with van der Waals surface area (Å²) >= 11 is 0. The molecule has 7 aromatic rings. The molecule has 0 bridgehead atoms. The second-order valence-electron chi connectivity index (χ2n) is 8.85. The highest BCUT2D eigenvalue weighted by molar-refractivity contribution is 6.11. The minimum atomic E-state index is 0.592. The number of benzene rings is 5. The van der Waals surface area contributed by atoms with Gasteiger partial charge in [-0.15, -0.1) is 0 Å². The molecule has 7 rings (SSSR count). The molecule has 4 nitrogen and oxygen atoms in total. The number of hydrogen-bond acceptors (Lipinski definition) is 3. The normalized spacial score (nSPS) is 11.3. The summed E-state index contributed by atoms with van der Waals surface area (Å²) in [5, 5.41) is 23.1. The molecular weight excluding hydrogens is 442 g/mol. The van der Waals surface area contributed by atoms with Crippen LogP contribution >= 0.6 is 0 Å². The van der Waals surface area contributed by atoms with E-state index in [9.17, 15) is 10.5 Å². The third kappa shape index (κ3) is 2.86. The third-order valence-corrected chi connectivity index (χ3v) is 6.86. The molecule has 0 N–H and O–H groups in total. The van der Waals surface area contributed by atoms with Gasteiger partial charge in [-0.3, -0.25) is 0 Å². The van der Waals surface area contributed by atoms with Crippen LogP contribution in [0.4, 0.5) is 0 Å². The van der Waals surface area contributed by atoms with Gasteiger partial charge in [-0.05, 0) is 66.2 Å². The Morgan fingerprint density at radius 1 is 0.556 bits per heavy atom. The minimum Gasteiger partial charge on any atom is -0.456 e. The third-order valence-electron chi connectivity index (χ3n) is 6.86. The van der Waals surface area contributed by atoms with Gasteiger partial charge < -0.3 is 8.98 Å². The van der Waals surface area contributed by atoms with Gasteiger partial charge in [0.25, 0.3) is 0 Å². The lowest BCUT2D eigenvalue weighted by Gasteiger charge is -2.14. The van der Waals surface area contributed by atoms with Crippen molar-refractivity contribution in [3.8, 4) is 29.0 Å². The van der Waals surface area contributed by atoms with Gasteiger partial charge in [0.1, 0.15) is 11.2 Å². The van der Waals surface area contributed by atoms with Crippen LogP contribution < -0.4 is 0 Å². The van der Waals surface area contributed by atoms with Crippen LogP contribution in [-0.4, -0.2) is 4.57 Å². The van der Waals surface area contributed by atoms with Gasteiger partial charge in [-0.1, -0.05) is 42.5 Å². The summed E-state index contributed by atoms with van der Waals surface area (Å²) in [4.78, 5) is 0. The van der Waals surface area contributed by atoms with Crippen molar-refractivity contribution >= 4 is 43.7 Å². The van der Waals surface area contributed by atoms with Gasteiger partial charge in [0.2, 0.25) is 0 Å². The number of rotatable bonds is 2. The topological polar surface area (TPSA) is 65.7 Å². The number of nitriles is 2. The summed E-state index contributed by atoms with van der Waals surface area (Å²) in [5.74, 6) is 0. The lowest BCUT2D eigenvalue weighted by molar-refractivity contribution is 0.669. The van der Waals surface area contributed by atoms with Crippen molar-refractivity contribution in [1.29, 1.82) is 10.5 Å². The first-order valence-corrected chi connectivity index (χ1v) is 11.6. The molecule has 0 fully saturated rings. The number of nitrogens with zero attached hydrogens (tertiary/aromatic N) is 3. The number of hydrogen-bond donors (Lipinski definition) is 0. The molecule has 0 unspecified atom stereocenters. The monoisotopic (exact) mass is 459 g/mol. The summed E-state index contributed by atoms with van der Waals surface area (Å²) in [6.45, 7) is 0. The minimum absolute atomic E-state index is 0.592. The van der Waals surface area contributed by atoms with E-state index in [2.05, 4.69) is 47.0 Å². The predicted molar refractivity (Wildman–Crippen MR) is 143 cm³/mol. The fourth-order valence-electron chi connectivity index (χ4n) is 5.23. The quantitative estimate of drug-likeness (QED) is 0.262. The van der Waals surface area contributed by atoms with Crippen molar-refractivity contribution < 1.29 is 4.42 Å². The molecule has 0 radical (unpaired) electrons. The summed E-state index contributed by atoms with van der Waals surface area (Å²) in [6, 6.07) is 38.7. The number of para-hydroxylation sites is 2. The molecule has 0 saturated heterocycles. The summed E-state index contributed by atoms with van der Waals surface area (Å²) in [6.07, 6.45) is 0. The van der Waals surface area contributed by atoms with Gasteiger partial charge in [-0.25, -0.2) is 0 Å². The van der Waals surface area contributed by atoms with Crippen LogP contribution in [0.2, 0.25) is 0 Å². The molecule has 0 aliphatic carbocycles. The van der Waals surface area contributed by atoms with E-state index < -0.39 is 0 Å². The van der Waals surface area contributed by atoms with E-state index in [1.165, 1.54) is 0 Å². The zero-order chi connectivity index (χ0) is 24.2. The second-order valence-corrected chi connectivity index (χ2v) is 8.85. The number of furan rings is 1. The molecule has 0 aliphatic heterocycles. The van der Waals surface area contributed by atoms with Crippen LogP contribution in [0.1, 0.15) is 11.1 Å². The number of fused-ring (bicyclic) bond motifs is 6. The second kappa shape index (κ2) is 7.60. The maximum Gasteiger partial charge on any atom is 0.135 e. The SMILES string of the molecule is N#Cc1ccc2c(c1)c1cc(C#N)ccc1n2-c1ccccc1-c1ccc2oc3ccccc3c2c1. The Bertz CT molecular complexity index is 2010. The van der Waals surface area contributed by atoms with Crippen LogP contribution in [0, 0.1) is 22.7 Å². The van der Waals surface area contributed by atoms with Gasteiger partial charge >= 0.3 is 0 Å². The van der Waals surface area contributed by atoms with Gasteiger partial charge in [0, 0.05) is 27.1 Å². The Kier molecular flexibility index (Phi) is 4.24. The Morgan fingerprint density at radius 2 is 1.19 bits per heavy atom. The van der Waals surface area contributed by atoms with E-state index in [4.69, 9.17) is 4.42 Å². The van der Waals surface area contributed by atoms with Crippen molar-refractivity contribution in [3.05, 3.63) is 114 Å². The maximum absolute atomic E-state index is 9.51. The molecule has 0 spiro atoms. The lowest BCUT2D eigenvalue weighted by atomic mass is 10.0. The largest absolute Gasteiger partial charge is 0.456 e. The first-order valence-electron chi connectivity index (χ1n) is 11.6. The molecule has 0 aliphatic rings. The first kappa shape index (κ1) is 20.1. The van der Waals surface area contributed by atoms with Crippen LogP contribution in [0.15, 0.2) is 108 Å². The molecular formula is C32H17N3O. The fourth-order valence-corrected chi connectivity index (χ4v) is 5.23. The van der Waals surface area contributed by atoms with Crippen LogP contribution in [0.25, 0.3) is 60.6 Å². The Morgan fingerprint density at radius 3 is 1.92 bits per heavy atom. The van der Waals surface area contributed by atoms with E-state index in [0.717, 1.165) is 60.6 Å². The van der Waals surface area contributed by atoms with E-state index in [1.54, 1.807) is 0 Å². The zero-order valence-electron chi connectivity index (χ0n) is 19.1. The van der Waals surface area contributed by atoms with E-state index >= 15 is 0 Å². The highest BCUT2D eigenvalue weighted by Gasteiger charge is 2.17. The molecule has 36 heavy (non-hydrogen) atoms. The van der Waals surface area contributed by atoms with Crippen LogP contribution in [0.5, 0.6) is 0 Å². The molecule has 4 heteroatoms. The van der Waals surface area contributed by atoms with Crippen molar-refractivity contribution in [3.63, 3.8) is 0 Å². The fraction of sp³-hybridized carbons (Fsp3) is 0. The van der Waals surface area contributed by atoms with Crippen molar-refractivity contribution in [1.82, 2.24) is 4.57 Å². The van der Waals surface area contributed by atoms with E-state index in [-0.39, 0.29) is 0 Å². The van der Waals surface area contributed by atoms with Crippen LogP contribution in [-0.2, 0) is 0 Å². The van der Waals surface area contributed by atoms with E-state index in [0.29, 0.717) is 11.1 Å². The van der Waals surface area contributed by atoms with Crippen LogP contribution in [0.3, 0.4) is 0 Å². The van der Waals surface area contributed by atoms with Gasteiger partial charge in [0.05, 0.1) is 40.0 Å². The average Bonchev–Trinajstić information content (AvgIpc) is 3.47. The summed E-state index contributed by atoms with van der Waals surface area (Å²) < 4.78 is 8.27. The van der Waals surface area contributed by atoms with E-state index in [1.807, 2.05) is 72.8 Å². The summed E-state index contributed by atoms with van der Waals surface area (Å²) in [7, 11) is 0. The maximum atomic E-state index is 9.51. The van der Waals surface area contributed by atoms with Crippen molar-refractivity contribution in [2.75, 3.05) is 0 Å². The standard InChI is InChI=1S/C32H17N3O/c33-18-20-9-12-29-25(15-20)26-16-21(19-34)10-13-30(26)35(29)28-7-3-1-5-23(28)22-11-14-32-27(17-22)24-6-2-4-8-31(24)36-32/h1-17H. The van der Waals surface area contributed by atoms with Crippen molar-refractivity contribution in [2.24, 2.45) is 0 Å². The highest BCUT2D eigenvalue weighted by atomic mass is 16.3. The average molecular weight is 460 g/mol. The van der Waals surface area contributed by atoms with Gasteiger partial charge in [-0.2, -0.15) is 10.5 Å². The molecule has 0 saturated carbocycles. The zero-order valence-corrected chi connectivity index (χ0v) is 19.1. The first-order chi connectivity index (χ1) is 17.7. The Labute approximate surface area is 206 Å².